The molecule has 0 radical (unpaired) electrons. The van der Waals surface area contributed by atoms with Crippen LogP contribution < -0.4 is 4.74 Å². The monoisotopic (exact) mass is 305 g/mol. The summed E-state index contributed by atoms with van der Waals surface area (Å²) >= 11 is 0. The Hall–Kier alpha value is -3.15. The summed E-state index contributed by atoms with van der Waals surface area (Å²) in [5.41, 5.74) is 3.99. The van der Waals surface area contributed by atoms with E-state index < -0.39 is 0 Å². The fourth-order valence-corrected chi connectivity index (χ4v) is 2.69. The first-order valence-corrected chi connectivity index (χ1v) is 7.28. The van der Waals surface area contributed by atoms with Crippen LogP contribution in [0.2, 0.25) is 0 Å². The van der Waals surface area contributed by atoms with Gasteiger partial charge in [0.05, 0.1) is 31.0 Å². The van der Waals surface area contributed by atoms with Gasteiger partial charge >= 0.3 is 0 Å². The molecule has 23 heavy (non-hydrogen) atoms. The molecule has 6 nitrogen and oxygen atoms in total. The Kier molecular flexibility index (Phi) is 3.27. The van der Waals surface area contributed by atoms with Crippen LogP contribution in [0.25, 0.3) is 22.4 Å². The smallest absolute Gasteiger partial charge is 0.164 e. The van der Waals surface area contributed by atoms with Crippen molar-refractivity contribution < 1.29 is 4.74 Å². The molecule has 0 aliphatic carbocycles. The zero-order valence-electron chi connectivity index (χ0n) is 12.6. The highest BCUT2D eigenvalue weighted by Crippen LogP contribution is 2.24. The number of ether oxygens (including phenoxy) is 1. The van der Waals surface area contributed by atoms with Crippen molar-refractivity contribution in [2.45, 2.75) is 6.54 Å². The van der Waals surface area contributed by atoms with Crippen molar-refractivity contribution in [3.8, 4) is 17.1 Å². The summed E-state index contributed by atoms with van der Waals surface area (Å²) in [4.78, 5) is 7.36. The van der Waals surface area contributed by atoms with Gasteiger partial charge in [0.25, 0.3) is 0 Å². The lowest BCUT2D eigenvalue weighted by molar-refractivity contribution is 0.408. The van der Waals surface area contributed by atoms with E-state index in [4.69, 9.17) is 4.74 Å². The van der Waals surface area contributed by atoms with Crippen LogP contribution in [0.4, 0.5) is 0 Å². The van der Waals surface area contributed by atoms with Crippen molar-refractivity contribution in [1.29, 1.82) is 0 Å². The minimum atomic E-state index is 0.646. The highest BCUT2D eigenvalue weighted by molar-refractivity contribution is 5.79. The van der Waals surface area contributed by atoms with Crippen LogP contribution in [0.5, 0.6) is 5.75 Å². The lowest BCUT2D eigenvalue weighted by Crippen LogP contribution is -2.03. The molecular weight excluding hydrogens is 290 g/mol. The first-order valence-electron chi connectivity index (χ1n) is 7.28. The number of methoxy groups -OCH3 is 1. The second-order valence-corrected chi connectivity index (χ2v) is 5.23. The molecule has 0 fully saturated rings. The normalized spacial score (nSPS) is 11.0. The number of benzene rings is 2. The van der Waals surface area contributed by atoms with Gasteiger partial charge in [0.2, 0.25) is 0 Å². The third kappa shape index (κ3) is 2.44. The maximum atomic E-state index is 5.42. The van der Waals surface area contributed by atoms with Crippen LogP contribution in [-0.2, 0) is 6.54 Å². The van der Waals surface area contributed by atoms with Crippen LogP contribution >= 0.6 is 0 Å². The molecule has 2 aromatic heterocycles. The van der Waals surface area contributed by atoms with E-state index in [1.54, 1.807) is 19.8 Å². The fourth-order valence-electron chi connectivity index (χ4n) is 2.69. The molecule has 0 aliphatic rings. The Morgan fingerprint density at radius 3 is 3.00 bits per heavy atom. The van der Waals surface area contributed by atoms with Crippen LogP contribution in [0.15, 0.2) is 55.1 Å². The fraction of sp³-hybridized carbons (Fsp3) is 0.118. The molecule has 114 valence electrons. The molecule has 0 bridgehead atoms. The van der Waals surface area contributed by atoms with Crippen LogP contribution in [0, 0.1) is 0 Å². The molecule has 0 spiro atoms. The molecule has 6 heteroatoms. The number of fused-ring (bicyclic) bond motifs is 1. The van der Waals surface area contributed by atoms with Crippen molar-refractivity contribution in [2.24, 2.45) is 0 Å². The molecular formula is C17H15N5O. The minimum Gasteiger partial charge on any atom is -0.496 e. The Labute approximate surface area is 132 Å². The molecule has 1 N–H and O–H groups in total. The molecule has 0 aliphatic heterocycles. The van der Waals surface area contributed by atoms with Crippen molar-refractivity contribution in [1.82, 2.24) is 24.7 Å². The highest BCUT2D eigenvalue weighted by atomic mass is 16.5. The number of aromatic amines is 1. The van der Waals surface area contributed by atoms with Crippen molar-refractivity contribution in [3.63, 3.8) is 0 Å². The number of hydrogen-bond acceptors (Lipinski definition) is 4. The van der Waals surface area contributed by atoms with Crippen molar-refractivity contribution in [2.75, 3.05) is 7.11 Å². The molecule has 0 saturated heterocycles. The summed E-state index contributed by atoms with van der Waals surface area (Å²) in [6.07, 6.45) is 3.42. The van der Waals surface area contributed by atoms with Gasteiger partial charge in [0.15, 0.2) is 5.82 Å². The van der Waals surface area contributed by atoms with E-state index in [0.717, 1.165) is 33.7 Å². The Bertz CT molecular complexity index is 956. The summed E-state index contributed by atoms with van der Waals surface area (Å²) in [5, 5.41) is 8.33. The predicted octanol–water partition coefficient (Wildman–Crippen LogP) is 2.88. The molecule has 2 heterocycles. The summed E-state index contributed by atoms with van der Waals surface area (Å²) in [6.45, 7) is 0.646. The first-order chi connectivity index (χ1) is 11.3. The number of aromatic nitrogens is 5. The van der Waals surface area contributed by atoms with E-state index in [-0.39, 0.29) is 0 Å². The van der Waals surface area contributed by atoms with Crippen LogP contribution in [0.1, 0.15) is 5.56 Å². The SMILES string of the molecule is COc1ccccc1Cn1cnnc1-c1ccc2nc[nH]c2c1. The third-order valence-corrected chi connectivity index (χ3v) is 3.83. The zero-order valence-corrected chi connectivity index (χ0v) is 12.6. The van der Waals surface area contributed by atoms with Gasteiger partial charge in [-0.15, -0.1) is 10.2 Å². The van der Waals surface area contributed by atoms with Gasteiger partial charge in [-0.2, -0.15) is 0 Å². The van der Waals surface area contributed by atoms with Crippen molar-refractivity contribution >= 4 is 11.0 Å². The quantitative estimate of drug-likeness (QED) is 0.629. The molecule has 0 amide bonds. The van der Waals surface area contributed by atoms with E-state index in [1.165, 1.54) is 0 Å². The van der Waals surface area contributed by atoms with Crippen molar-refractivity contribution in [3.05, 3.63) is 60.7 Å². The zero-order chi connectivity index (χ0) is 15.6. The number of imidazole rings is 1. The summed E-state index contributed by atoms with van der Waals surface area (Å²) in [6, 6.07) is 14.0. The van der Waals surface area contributed by atoms with E-state index in [1.807, 2.05) is 47.0 Å². The maximum absolute atomic E-state index is 5.42. The lowest BCUT2D eigenvalue weighted by atomic mass is 10.1. The average molecular weight is 305 g/mol. The number of rotatable bonds is 4. The topological polar surface area (TPSA) is 68.6 Å². The molecule has 4 aromatic rings. The summed E-state index contributed by atoms with van der Waals surface area (Å²) in [7, 11) is 1.68. The van der Waals surface area contributed by atoms with Gasteiger partial charge in [-0.05, 0) is 24.3 Å². The van der Waals surface area contributed by atoms with E-state index in [9.17, 15) is 0 Å². The van der Waals surface area contributed by atoms with Gasteiger partial charge in [0.1, 0.15) is 12.1 Å². The second-order valence-electron chi connectivity index (χ2n) is 5.23. The van der Waals surface area contributed by atoms with E-state index in [2.05, 4.69) is 20.2 Å². The maximum Gasteiger partial charge on any atom is 0.164 e. The molecule has 4 rings (SSSR count). The number of nitrogens with zero attached hydrogens (tertiary/aromatic N) is 4. The number of hydrogen-bond donors (Lipinski definition) is 1. The molecule has 0 saturated carbocycles. The van der Waals surface area contributed by atoms with Gasteiger partial charge in [-0.1, -0.05) is 18.2 Å². The first kappa shape index (κ1) is 13.5. The largest absolute Gasteiger partial charge is 0.496 e. The Morgan fingerprint density at radius 2 is 2.09 bits per heavy atom. The van der Waals surface area contributed by atoms with E-state index in [0.29, 0.717) is 6.54 Å². The second kappa shape index (κ2) is 5.57. The van der Waals surface area contributed by atoms with Gasteiger partial charge in [-0.25, -0.2) is 4.98 Å². The highest BCUT2D eigenvalue weighted by Gasteiger charge is 2.11. The van der Waals surface area contributed by atoms with Crippen LogP contribution in [0.3, 0.4) is 0 Å². The molecule has 2 aromatic carbocycles. The average Bonchev–Trinajstić information content (AvgIpc) is 3.23. The number of para-hydroxylation sites is 1. The van der Waals surface area contributed by atoms with Crippen LogP contribution in [-0.4, -0.2) is 31.8 Å². The number of H-pyrrole nitrogens is 1. The number of nitrogens with one attached hydrogen (secondary N) is 1. The molecule has 0 atom stereocenters. The lowest BCUT2D eigenvalue weighted by Gasteiger charge is -2.10. The van der Waals surface area contributed by atoms with Gasteiger partial charge in [0, 0.05) is 11.1 Å². The Balaban J connectivity index is 1.73. The Morgan fingerprint density at radius 1 is 1.17 bits per heavy atom. The van der Waals surface area contributed by atoms with Gasteiger partial charge in [-0.3, -0.25) is 0 Å². The van der Waals surface area contributed by atoms with Gasteiger partial charge < -0.3 is 14.3 Å². The minimum absolute atomic E-state index is 0.646. The summed E-state index contributed by atoms with van der Waals surface area (Å²) < 4.78 is 7.43. The summed E-state index contributed by atoms with van der Waals surface area (Å²) in [5.74, 6) is 1.67. The standard InChI is InChI=1S/C17H15N5O/c1-23-16-5-3-2-4-13(16)9-22-11-20-21-17(22)12-6-7-14-15(8-12)19-10-18-14/h2-8,10-11H,9H2,1H3,(H,18,19). The third-order valence-electron chi connectivity index (χ3n) is 3.83. The molecule has 0 unspecified atom stereocenters. The predicted molar refractivity (Wildman–Crippen MR) is 87.2 cm³/mol. The van der Waals surface area contributed by atoms with E-state index >= 15 is 0 Å².